The minimum atomic E-state index is 0.609. The monoisotopic (exact) mass is 264 g/mol. The largest absolute Gasteiger partial charge is 0.497 e. The molecule has 106 valence electrons. The summed E-state index contributed by atoms with van der Waals surface area (Å²) in [6, 6.07) is 6.66. The van der Waals surface area contributed by atoms with Crippen LogP contribution in [0.1, 0.15) is 18.4 Å². The van der Waals surface area contributed by atoms with Crippen LogP contribution in [0.5, 0.6) is 11.5 Å². The fraction of sp³-hybridized carbons (Fsp3) is 0.600. The lowest BCUT2D eigenvalue weighted by Crippen LogP contribution is -2.43. The van der Waals surface area contributed by atoms with Gasteiger partial charge in [-0.3, -0.25) is 4.90 Å². The number of methoxy groups -OCH3 is 2. The van der Waals surface area contributed by atoms with Gasteiger partial charge in [-0.2, -0.15) is 0 Å². The molecule has 2 rings (SSSR count). The quantitative estimate of drug-likeness (QED) is 0.880. The third kappa shape index (κ3) is 3.61. The van der Waals surface area contributed by atoms with Gasteiger partial charge in [0.25, 0.3) is 0 Å². The molecule has 4 heteroatoms. The first-order valence-corrected chi connectivity index (χ1v) is 6.87. The molecule has 1 aromatic rings. The van der Waals surface area contributed by atoms with Crippen molar-refractivity contribution in [3.8, 4) is 11.5 Å². The molecule has 0 aliphatic carbocycles. The van der Waals surface area contributed by atoms with Gasteiger partial charge in [0.15, 0.2) is 0 Å². The second kappa shape index (κ2) is 6.78. The molecule has 4 nitrogen and oxygen atoms in total. The molecule has 1 heterocycles. The Hall–Kier alpha value is -1.26. The van der Waals surface area contributed by atoms with Crippen molar-refractivity contribution in [2.45, 2.75) is 25.4 Å². The number of hydrogen-bond donors (Lipinski definition) is 1. The zero-order valence-corrected chi connectivity index (χ0v) is 12.1. The maximum Gasteiger partial charge on any atom is 0.127 e. The van der Waals surface area contributed by atoms with Gasteiger partial charge < -0.3 is 14.8 Å². The number of benzene rings is 1. The van der Waals surface area contributed by atoms with E-state index in [-0.39, 0.29) is 0 Å². The van der Waals surface area contributed by atoms with Gasteiger partial charge in [0.2, 0.25) is 0 Å². The maximum atomic E-state index is 5.46. The van der Waals surface area contributed by atoms with Crippen LogP contribution in [0.15, 0.2) is 18.2 Å². The maximum absolute atomic E-state index is 5.46. The highest BCUT2D eigenvalue weighted by molar-refractivity contribution is 5.40. The molecule has 1 fully saturated rings. The van der Waals surface area contributed by atoms with Gasteiger partial charge in [-0.15, -0.1) is 0 Å². The number of nitrogens with zero attached hydrogens (tertiary/aromatic N) is 1. The van der Waals surface area contributed by atoms with Crippen LogP contribution >= 0.6 is 0 Å². The molecule has 1 aromatic carbocycles. The highest BCUT2D eigenvalue weighted by atomic mass is 16.5. The van der Waals surface area contributed by atoms with Crippen LogP contribution in [-0.4, -0.2) is 45.3 Å². The van der Waals surface area contributed by atoms with Gasteiger partial charge in [0, 0.05) is 30.8 Å². The number of ether oxygens (including phenoxy) is 2. The molecule has 0 spiro atoms. The lowest BCUT2D eigenvalue weighted by atomic mass is 10.0. The lowest BCUT2D eigenvalue weighted by molar-refractivity contribution is 0.186. The predicted octanol–water partition coefficient (Wildman–Crippen LogP) is 1.89. The Morgan fingerprint density at radius 3 is 2.84 bits per heavy atom. The van der Waals surface area contributed by atoms with E-state index < -0.39 is 0 Å². The fourth-order valence-electron chi connectivity index (χ4n) is 2.66. The van der Waals surface area contributed by atoms with Crippen molar-refractivity contribution in [3.63, 3.8) is 0 Å². The van der Waals surface area contributed by atoms with E-state index in [1.165, 1.54) is 18.4 Å². The highest BCUT2D eigenvalue weighted by Gasteiger charge is 2.19. The second-order valence-electron chi connectivity index (χ2n) is 5.04. The molecule has 1 saturated heterocycles. The Balaban J connectivity index is 2.05. The third-order valence-corrected chi connectivity index (χ3v) is 3.80. The van der Waals surface area contributed by atoms with E-state index >= 15 is 0 Å². The Labute approximate surface area is 115 Å². The fourth-order valence-corrected chi connectivity index (χ4v) is 2.66. The van der Waals surface area contributed by atoms with Crippen molar-refractivity contribution in [1.82, 2.24) is 10.2 Å². The molecular formula is C15H24N2O2. The van der Waals surface area contributed by atoms with Crippen LogP contribution in [-0.2, 0) is 6.54 Å². The summed E-state index contributed by atoms with van der Waals surface area (Å²) in [5.41, 5.74) is 1.22. The van der Waals surface area contributed by atoms with E-state index in [9.17, 15) is 0 Å². The van der Waals surface area contributed by atoms with E-state index in [4.69, 9.17) is 9.47 Å². The predicted molar refractivity (Wildman–Crippen MR) is 76.9 cm³/mol. The molecule has 0 radical (unpaired) electrons. The summed E-state index contributed by atoms with van der Waals surface area (Å²) in [6.45, 7) is 3.20. The van der Waals surface area contributed by atoms with Crippen molar-refractivity contribution in [3.05, 3.63) is 23.8 Å². The van der Waals surface area contributed by atoms with Gasteiger partial charge >= 0.3 is 0 Å². The first kappa shape index (κ1) is 14.2. The van der Waals surface area contributed by atoms with Crippen LogP contribution in [0, 0.1) is 0 Å². The van der Waals surface area contributed by atoms with Gasteiger partial charge in [-0.1, -0.05) is 6.07 Å². The molecule has 1 atom stereocenters. The summed E-state index contributed by atoms with van der Waals surface area (Å²) >= 11 is 0. The SMILES string of the molecule is CNC1CCCN(Cc2ccc(OC)cc2OC)C1. The van der Waals surface area contributed by atoms with Crippen molar-refractivity contribution >= 4 is 0 Å². The second-order valence-corrected chi connectivity index (χ2v) is 5.04. The summed E-state index contributed by atoms with van der Waals surface area (Å²) in [5, 5.41) is 3.37. The van der Waals surface area contributed by atoms with E-state index in [2.05, 4.69) is 16.3 Å². The number of likely N-dealkylation sites (tertiary alicyclic amines) is 1. The normalized spacial score (nSPS) is 20.3. The van der Waals surface area contributed by atoms with Crippen molar-refractivity contribution in [2.75, 3.05) is 34.4 Å². The topological polar surface area (TPSA) is 33.7 Å². The summed E-state index contributed by atoms with van der Waals surface area (Å²) in [5.74, 6) is 1.75. The Morgan fingerprint density at radius 1 is 1.32 bits per heavy atom. The molecule has 0 saturated carbocycles. The molecule has 19 heavy (non-hydrogen) atoms. The number of hydrogen-bond acceptors (Lipinski definition) is 4. The lowest BCUT2D eigenvalue weighted by Gasteiger charge is -2.32. The van der Waals surface area contributed by atoms with E-state index in [1.807, 2.05) is 19.2 Å². The van der Waals surface area contributed by atoms with Crippen LogP contribution in [0.25, 0.3) is 0 Å². The number of likely N-dealkylation sites (N-methyl/N-ethyl adjacent to an activating group) is 1. The Morgan fingerprint density at radius 2 is 2.16 bits per heavy atom. The molecule has 0 amide bonds. The standard InChI is InChI=1S/C15H24N2O2/c1-16-13-5-4-8-17(11-13)10-12-6-7-14(18-2)9-15(12)19-3/h6-7,9,13,16H,4-5,8,10-11H2,1-3H3. The van der Waals surface area contributed by atoms with Crippen molar-refractivity contribution in [2.24, 2.45) is 0 Å². The van der Waals surface area contributed by atoms with Gasteiger partial charge in [-0.05, 0) is 32.5 Å². The third-order valence-electron chi connectivity index (χ3n) is 3.80. The van der Waals surface area contributed by atoms with E-state index in [1.54, 1.807) is 14.2 Å². The molecule has 1 N–H and O–H groups in total. The average Bonchev–Trinajstić information content (AvgIpc) is 2.48. The molecule has 1 aliphatic heterocycles. The van der Waals surface area contributed by atoms with E-state index in [0.717, 1.165) is 31.1 Å². The van der Waals surface area contributed by atoms with Crippen molar-refractivity contribution < 1.29 is 9.47 Å². The van der Waals surface area contributed by atoms with Gasteiger partial charge in [-0.25, -0.2) is 0 Å². The molecule has 1 unspecified atom stereocenters. The summed E-state index contributed by atoms with van der Waals surface area (Å²) < 4.78 is 10.7. The Kier molecular flexibility index (Phi) is 5.05. The first-order chi connectivity index (χ1) is 9.26. The average molecular weight is 264 g/mol. The first-order valence-electron chi connectivity index (χ1n) is 6.87. The highest BCUT2D eigenvalue weighted by Crippen LogP contribution is 2.26. The summed E-state index contributed by atoms with van der Waals surface area (Å²) in [4.78, 5) is 2.48. The molecule has 1 aliphatic rings. The van der Waals surface area contributed by atoms with Gasteiger partial charge in [0.05, 0.1) is 14.2 Å². The van der Waals surface area contributed by atoms with Crippen molar-refractivity contribution in [1.29, 1.82) is 0 Å². The zero-order chi connectivity index (χ0) is 13.7. The molecule has 0 bridgehead atoms. The minimum Gasteiger partial charge on any atom is -0.497 e. The number of piperidine rings is 1. The van der Waals surface area contributed by atoms with E-state index in [0.29, 0.717) is 6.04 Å². The summed E-state index contributed by atoms with van der Waals surface area (Å²) in [7, 11) is 5.43. The molecular weight excluding hydrogens is 240 g/mol. The van der Waals surface area contributed by atoms with Crippen LogP contribution in [0.3, 0.4) is 0 Å². The van der Waals surface area contributed by atoms with Crippen LogP contribution < -0.4 is 14.8 Å². The number of rotatable bonds is 5. The molecule has 0 aromatic heterocycles. The van der Waals surface area contributed by atoms with Crippen LogP contribution in [0.4, 0.5) is 0 Å². The minimum absolute atomic E-state index is 0.609. The zero-order valence-electron chi connectivity index (χ0n) is 12.1. The number of nitrogens with one attached hydrogen (secondary N) is 1. The Bertz CT molecular complexity index is 409. The van der Waals surface area contributed by atoms with Gasteiger partial charge in [0.1, 0.15) is 11.5 Å². The smallest absolute Gasteiger partial charge is 0.127 e. The summed E-state index contributed by atoms with van der Waals surface area (Å²) in [6.07, 6.45) is 2.52. The van der Waals surface area contributed by atoms with Crippen LogP contribution in [0.2, 0.25) is 0 Å².